The molecule has 2 rings (SSSR count). The minimum atomic E-state index is -0.313. The molecule has 0 unspecified atom stereocenters. The predicted octanol–water partition coefficient (Wildman–Crippen LogP) is 4.79. The van der Waals surface area contributed by atoms with Gasteiger partial charge in [-0.25, -0.2) is 5.43 Å². The zero-order valence-corrected chi connectivity index (χ0v) is 17.0. The molecule has 5 heteroatoms. The van der Waals surface area contributed by atoms with Gasteiger partial charge in [-0.05, 0) is 55.7 Å². The fourth-order valence-corrected chi connectivity index (χ4v) is 2.59. The first kappa shape index (κ1) is 21.5. The number of aryl methyl sites for hydroxylation is 2. The first-order chi connectivity index (χ1) is 13.6. The topological polar surface area (TPSA) is 59.9 Å². The van der Waals surface area contributed by atoms with Crippen LogP contribution in [-0.2, 0) is 4.79 Å². The van der Waals surface area contributed by atoms with Crippen molar-refractivity contribution in [2.24, 2.45) is 5.10 Å². The molecule has 1 N–H and O–H groups in total. The molecule has 150 valence electrons. The van der Waals surface area contributed by atoms with E-state index in [2.05, 4.69) is 17.5 Å². The molecular weight excluding hydrogens is 352 g/mol. The van der Waals surface area contributed by atoms with E-state index in [1.807, 2.05) is 56.3 Å². The summed E-state index contributed by atoms with van der Waals surface area (Å²) < 4.78 is 11.3. The largest absolute Gasteiger partial charge is 0.493 e. The van der Waals surface area contributed by atoms with Crippen molar-refractivity contribution < 1.29 is 14.3 Å². The average molecular weight is 383 g/mol. The fourth-order valence-electron chi connectivity index (χ4n) is 2.59. The van der Waals surface area contributed by atoms with E-state index in [0.717, 1.165) is 23.3 Å². The van der Waals surface area contributed by atoms with Crippen molar-refractivity contribution in [3.8, 4) is 11.5 Å². The molecule has 0 radical (unpaired) electrons. The Hall–Kier alpha value is -2.82. The van der Waals surface area contributed by atoms with Crippen LogP contribution >= 0.6 is 0 Å². The van der Waals surface area contributed by atoms with Crippen LogP contribution in [0.4, 0.5) is 0 Å². The number of hydrogen-bond acceptors (Lipinski definition) is 4. The smallest absolute Gasteiger partial charge is 0.277 e. The van der Waals surface area contributed by atoms with E-state index in [4.69, 9.17) is 9.47 Å². The lowest BCUT2D eigenvalue weighted by molar-refractivity contribution is -0.123. The molecular formula is C23H30N2O3. The maximum atomic E-state index is 11.9. The summed E-state index contributed by atoms with van der Waals surface area (Å²) in [6, 6.07) is 13.4. The van der Waals surface area contributed by atoms with E-state index in [0.29, 0.717) is 12.4 Å². The molecule has 0 fully saturated rings. The summed E-state index contributed by atoms with van der Waals surface area (Å²) in [6.07, 6.45) is 6.23. The summed E-state index contributed by atoms with van der Waals surface area (Å²) in [5.41, 5.74) is 5.63. The lowest BCUT2D eigenvalue weighted by Crippen LogP contribution is -2.24. The summed E-state index contributed by atoms with van der Waals surface area (Å²) in [4.78, 5) is 11.9. The molecule has 0 heterocycles. The fraction of sp³-hybridized carbons (Fsp3) is 0.391. The highest BCUT2D eigenvalue weighted by atomic mass is 16.5. The Kier molecular flexibility index (Phi) is 9.05. The van der Waals surface area contributed by atoms with Gasteiger partial charge >= 0.3 is 0 Å². The van der Waals surface area contributed by atoms with Crippen LogP contribution in [0.1, 0.15) is 49.3 Å². The van der Waals surface area contributed by atoms with Gasteiger partial charge in [0.05, 0.1) is 12.8 Å². The van der Waals surface area contributed by atoms with Crippen molar-refractivity contribution >= 4 is 12.1 Å². The van der Waals surface area contributed by atoms with E-state index in [1.54, 1.807) is 6.21 Å². The van der Waals surface area contributed by atoms with Gasteiger partial charge in [0.25, 0.3) is 5.91 Å². The van der Waals surface area contributed by atoms with E-state index in [9.17, 15) is 4.79 Å². The Bertz CT molecular complexity index is 787. The number of unbranched alkanes of at least 4 members (excludes halogenated alkanes) is 3. The maximum absolute atomic E-state index is 11.9. The molecule has 0 aliphatic rings. The molecule has 0 spiro atoms. The number of nitrogens with zero attached hydrogens (tertiary/aromatic N) is 1. The van der Waals surface area contributed by atoms with Crippen LogP contribution in [0.5, 0.6) is 11.5 Å². The van der Waals surface area contributed by atoms with Gasteiger partial charge in [-0.2, -0.15) is 5.10 Å². The minimum Gasteiger partial charge on any atom is -0.493 e. The Morgan fingerprint density at radius 1 is 1.04 bits per heavy atom. The van der Waals surface area contributed by atoms with Crippen LogP contribution < -0.4 is 14.9 Å². The van der Waals surface area contributed by atoms with Crippen LogP contribution in [0.2, 0.25) is 0 Å². The van der Waals surface area contributed by atoms with Crippen LogP contribution in [0.3, 0.4) is 0 Å². The molecule has 0 saturated heterocycles. The number of benzene rings is 2. The molecule has 1 amide bonds. The Morgan fingerprint density at radius 3 is 2.64 bits per heavy atom. The summed E-state index contributed by atoms with van der Waals surface area (Å²) in [7, 11) is 0. The first-order valence-electron chi connectivity index (χ1n) is 9.84. The van der Waals surface area contributed by atoms with Crippen molar-refractivity contribution in [3.63, 3.8) is 0 Å². The summed E-state index contributed by atoms with van der Waals surface area (Å²) in [6.45, 7) is 6.83. The van der Waals surface area contributed by atoms with E-state index >= 15 is 0 Å². The predicted molar refractivity (Wildman–Crippen MR) is 113 cm³/mol. The number of hydrazone groups is 1. The second-order valence-electron chi connectivity index (χ2n) is 6.77. The number of para-hydroxylation sites is 1. The minimum absolute atomic E-state index is 0.0879. The second-order valence-corrected chi connectivity index (χ2v) is 6.77. The van der Waals surface area contributed by atoms with Gasteiger partial charge in [-0.1, -0.05) is 44.4 Å². The maximum Gasteiger partial charge on any atom is 0.277 e. The lowest BCUT2D eigenvalue weighted by atomic mass is 10.1. The van der Waals surface area contributed by atoms with Crippen molar-refractivity contribution in [3.05, 3.63) is 59.2 Å². The Labute approximate surface area is 167 Å². The zero-order valence-electron chi connectivity index (χ0n) is 17.0. The molecule has 0 aromatic heterocycles. The van der Waals surface area contributed by atoms with E-state index in [-0.39, 0.29) is 12.5 Å². The third-order valence-corrected chi connectivity index (χ3v) is 4.42. The third kappa shape index (κ3) is 7.43. The summed E-state index contributed by atoms with van der Waals surface area (Å²) >= 11 is 0. The molecule has 0 aliphatic heterocycles. The van der Waals surface area contributed by atoms with Crippen molar-refractivity contribution in [1.82, 2.24) is 5.43 Å². The first-order valence-corrected chi connectivity index (χ1v) is 9.84. The van der Waals surface area contributed by atoms with Crippen LogP contribution in [0.25, 0.3) is 0 Å². The second kappa shape index (κ2) is 11.8. The van der Waals surface area contributed by atoms with E-state index < -0.39 is 0 Å². The molecule has 5 nitrogen and oxygen atoms in total. The quantitative estimate of drug-likeness (QED) is 0.345. The molecule has 0 atom stereocenters. The van der Waals surface area contributed by atoms with Gasteiger partial charge in [0.1, 0.15) is 11.5 Å². The number of carbonyl (C=O) groups is 1. The number of hydrogen-bond donors (Lipinski definition) is 1. The van der Waals surface area contributed by atoms with Gasteiger partial charge < -0.3 is 9.47 Å². The number of rotatable bonds is 11. The Morgan fingerprint density at radius 2 is 1.86 bits per heavy atom. The molecule has 0 aliphatic carbocycles. The van der Waals surface area contributed by atoms with Crippen molar-refractivity contribution in [2.45, 2.75) is 46.5 Å². The molecule has 0 saturated carbocycles. The summed E-state index contributed by atoms with van der Waals surface area (Å²) in [5.74, 6) is 1.12. The molecule has 0 bridgehead atoms. The molecule has 2 aromatic carbocycles. The van der Waals surface area contributed by atoms with Crippen LogP contribution in [0.15, 0.2) is 47.6 Å². The van der Waals surface area contributed by atoms with Crippen molar-refractivity contribution in [2.75, 3.05) is 13.2 Å². The van der Waals surface area contributed by atoms with Gasteiger partial charge in [-0.15, -0.1) is 0 Å². The number of ether oxygens (including phenoxy) is 2. The number of nitrogens with one attached hydrogen (secondary N) is 1. The van der Waals surface area contributed by atoms with Gasteiger partial charge in [0, 0.05) is 5.56 Å². The van der Waals surface area contributed by atoms with Crippen molar-refractivity contribution in [1.29, 1.82) is 0 Å². The van der Waals surface area contributed by atoms with Gasteiger partial charge in [-0.3, -0.25) is 4.79 Å². The number of carbonyl (C=O) groups excluding carboxylic acids is 1. The average Bonchev–Trinajstić information content (AvgIpc) is 2.70. The molecule has 28 heavy (non-hydrogen) atoms. The third-order valence-electron chi connectivity index (χ3n) is 4.42. The van der Waals surface area contributed by atoms with Gasteiger partial charge in [0.15, 0.2) is 6.61 Å². The SMILES string of the molecule is CCCCCCOc1ccccc1C=NNC(=O)COc1ccc(C)c(C)c1. The monoisotopic (exact) mass is 382 g/mol. The van der Waals surface area contributed by atoms with Gasteiger partial charge in [0.2, 0.25) is 0 Å². The van der Waals surface area contributed by atoms with Crippen LogP contribution in [-0.4, -0.2) is 25.3 Å². The lowest BCUT2D eigenvalue weighted by Gasteiger charge is -2.09. The van der Waals surface area contributed by atoms with Crippen LogP contribution in [0, 0.1) is 13.8 Å². The number of amides is 1. The Balaban J connectivity index is 1.79. The normalized spacial score (nSPS) is 10.8. The highest BCUT2D eigenvalue weighted by molar-refractivity contribution is 5.85. The summed E-state index contributed by atoms with van der Waals surface area (Å²) in [5, 5.41) is 4.02. The van der Waals surface area contributed by atoms with E-state index in [1.165, 1.54) is 24.8 Å². The highest BCUT2D eigenvalue weighted by Gasteiger charge is 2.04. The highest BCUT2D eigenvalue weighted by Crippen LogP contribution is 2.17. The molecule has 2 aromatic rings. The zero-order chi connectivity index (χ0) is 20.2. The standard InChI is InChI=1S/C23H30N2O3/c1-4-5-6-9-14-27-22-11-8-7-10-20(22)16-24-25-23(26)17-28-21-13-12-18(2)19(3)15-21/h7-8,10-13,15-16H,4-6,9,14,17H2,1-3H3,(H,25,26).